The first kappa shape index (κ1) is 29.5. The van der Waals surface area contributed by atoms with Crippen molar-refractivity contribution in [2.24, 2.45) is 0 Å². The van der Waals surface area contributed by atoms with Crippen molar-refractivity contribution in [1.82, 2.24) is 9.29 Å². The third-order valence-corrected chi connectivity index (χ3v) is 10.0. The van der Waals surface area contributed by atoms with Crippen LogP contribution in [0.3, 0.4) is 0 Å². The van der Waals surface area contributed by atoms with Crippen molar-refractivity contribution in [3.8, 4) is 11.3 Å². The van der Waals surface area contributed by atoms with Gasteiger partial charge in [0.05, 0.1) is 21.7 Å². The van der Waals surface area contributed by atoms with E-state index in [4.69, 9.17) is 9.72 Å². The van der Waals surface area contributed by atoms with Crippen molar-refractivity contribution >= 4 is 49.3 Å². The van der Waals surface area contributed by atoms with Gasteiger partial charge in [-0.1, -0.05) is 79.6 Å². The predicted molar refractivity (Wildman–Crippen MR) is 172 cm³/mol. The van der Waals surface area contributed by atoms with E-state index in [2.05, 4.69) is 5.32 Å². The van der Waals surface area contributed by atoms with Gasteiger partial charge in [0.1, 0.15) is 0 Å². The summed E-state index contributed by atoms with van der Waals surface area (Å²) < 4.78 is 33.8. The lowest BCUT2D eigenvalue weighted by Crippen LogP contribution is -2.32. The Morgan fingerprint density at radius 1 is 0.841 bits per heavy atom. The van der Waals surface area contributed by atoms with Gasteiger partial charge in [-0.3, -0.25) is 4.79 Å². The normalized spacial score (nSPS) is 14.3. The summed E-state index contributed by atoms with van der Waals surface area (Å²) in [6, 6.07) is 27.7. The minimum atomic E-state index is -3.71. The van der Waals surface area contributed by atoms with E-state index >= 15 is 0 Å². The second kappa shape index (κ2) is 12.6. The molecule has 0 unspecified atom stereocenters. The third-order valence-electron chi connectivity index (χ3n) is 7.99. The van der Waals surface area contributed by atoms with Gasteiger partial charge in [0.15, 0.2) is 6.61 Å². The third kappa shape index (κ3) is 6.06. The summed E-state index contributed by atoms with van der Waals surface area (Å²) in [6.45, 7) is 2.17. The fourth-order valence-corrected chi connectivity index (χ4v) is 7.48. The van der Waals surface area contributed by atoms with Crippen LogP contribution in [-0.4, -0.2) is 49.3 Å². The molecule has 224 valence electrons. The molecule has 44 heavy (non-hydrogen) atoms. The number of sulfonamides is 1. The largest absolute Gasteiger partial charge is 0.452 e. The Labute approximate surface area is 256 Å². The number of carbonyl (C=O) groups excluding carboxylic acids is 2. The number of carbonyl (C=O) groups is 2. The lowest BCUT2D eigenvalue weighted by atomic mass is 9.99. The molecule has 1 N–H and O–H groups in total. The fourth-order valence-electron chi connectivity index (χ4n) is 5.71. The van der Waals surface area contributed by atoms with Gasteiger partial charge in [0.25, 0.3) is 5.91 Å². The number of para-hydroxylation sites is 1. The molecule has 5 aromatic rings. The van der Waals surface area contributed by atoms with Crippen LogP contribution in [0.1, 0.15) is 41.6 Å². The molecule has 2 heterocycles. The van der Waals surface area contributed by atoms with Gasteiger partial charge < -0.3 is 10.1 Å². The summed E-state index contributed by atoms with van der Waals surface area (Å²) in [5, 5.41) is 5.36. The molecule has 9 heteroatoms. The number of anilines is 1. The van der Waals surface area contributed by atoms with Gasteiger partial charge >= 0.3 is 5.97 Å². The number of amides is 1. The van der Waals surface area contributed by atoms with Crippen LogP contribution in [0.25, 0.3) is 32.9 Å². The quantitative estimate of drug-likeness (QED) is 0.206. The Morgan fingerprint density at radius 2 is 1.55 bits per heavy atom. The zero-order chi connectivity index (χ0) is 30.7. The summed E-state index contributed by atoms with van der Waals surface area (Å²) in [4.78, 5) is 31.2. The van der Waals surface area contributed by atoms with E-state index < -0.39 is 28.5 Å². The van der Waals surface area contributed by atoms with Gasteiger partial charge in [0, 0.05) is 29.7 Å². The Hall–Kier alpha value is -4.60. The molecule has 4 aromatic carbocycles. The smallest absolute Gasteiger partial charge is 0.339 e. The highest BCUT2D eigenvalue weighted by atomic mass is 32.2. The molecule has 6 rings (SSSR count). The van der Waals surface area contributed by atoms with Crippen LogP contribution < -0.4 is 5.32 Å². The van der Waals surface area contributed by atoms with Crippen molar-refractivity contribution in [1.29, 1.82) is 0 Å². The van der Waals surface area contributed by atoms with Crippen LogP contribution in [-0.2, 0) is 19.6 Å². The second-order valence-corrected chi connectivity index (χ2v) is 12.9. The van der Waals surface area contributed by atoms with E-state index in [1.54, 1.807) is 31.2 Å². The molecule has 0 atom stereocenters. The molecule has 0 bridgehead atoms. The van der Waals surface area contributed by atoms with Crippen molar-refractivity contribution in [2.75, 3.05) is 25.0 Å². The van der Waals surface area contributed by atoms with Crippen molar-refractivity contribution in [3.05, 3.63) is 102 Å². The molecule has 0 spiro atoms. The molecule has 1 aromatic heterocycles. The Morgan fingerprint density at radius 3 is 2.34 bits per heavy atom. The maximum Gasteiger partial charge on any atom is 0.339 e. The topological polar surface area (TPSA) is 106 Å². The number of nitrogens with zero attached hydrogens (tertiary/aromatic N) is 2. The van der Waals surface area contributed by atoms with E-state index in [9.17, 15) is 18.0 Å². The van der Waals surface area contributed by atoms with Crippen molar-refractivity contribution < 1.29 is 22.7 Å². The number of fused-ring (bicyclic) bond motifs is 2. The van der Waals surface area contributed by atoms with Gasteiger partial charge in [-0.25, -0.2) is 18.2 Å². The number of hydrogen-bond donors (Lipinski definition) is 1. The number of ether oxygens (including phenoxy) is 1. The molecule has 1 aliphatic rings. The molecule has 0 radical (unpaired) electrons. The second-order valence-electron chi connectivity index (χ2n) is 11.0. The lowest BCUT2D eigenvalue weighted by Gasteiger charge is -2.21. The van der Waals surface area contributed by atoms with Crippen LogP contribution in [0.15, 0.2) is 95.9 Å². The molecular formula is C35H33N3O5S. The molecule has 1 fully saturated rings. The van der Waals surface area contributed by atoms with Crippen LogP contribution in [0.5, 0.6) is 0 Å². The first-order chi connectivity index (χ1) is 21.3. The average molecular weight is 608 g/mol. The van der Waals surface area contributed by atoms with E-state index in [1.807, 2.05) is 60.7 Å². The molecule has 1 saturated heterocycles. The van der Waals surface area contributed by atoms with Gasteiger partial charge in [0.2, 0.25) is 10.0 Å². The predicted octanol–water partition coefficient (Wildman–Crippen LogP) is 6.72. The first-order valence-electron chi connectivity index (χ1n) is 14.8. The molecular weight excluding hydrogens is 574 g/mol. The van der Waals surface area contributed by atoms with E-state index in [0.717, 1.165) is 42.0 Å². The number of benzene rings is 4. The molecule has 0 aliphatic carbocycles. The van der Waals surface area contributed by atoms with Gasteiger partial charge in [-0.2, -0.15) is 4.31 Å². The number of aromatic nitrogens is 1. The highest BCUT2D eigenvalue weighted by Gasteiger charge is 2.27. The lowest BCUT2D eigenvalue weighted by molar-refractivity contribution is -0.119. The van der Waals surface area contributed by atoms with Gasteiger partial charge in [-0.15, -0.1) is 0 Å². The van der Waals surface area contributed by atoms with Crippen LogP contribution >= 0.6 is 0 Å². The summed E-state index contributed by atoms with van der Waals surface area (Å²) in [7, 11) is -3.71. The van der Waals surface area contributed by atoms with E-state index in [0.29, 0.717) is 46.5 Å². The first-order valence-corrected chi connectivity index (χ1v) is 16.2. The molecule has 1 amide bonds. The minimum Gasteiger partial charge on any atom is -0.452 e. The molecule has 8 nitrogen and oxygen atoms in total. The van der Waals surface area contributed by atoms with Crippen LogP contribution in [0, 0.1) is 6.92 Å². The Kier molecular flexibility index (Phi) is 8.41. The maximum atomic E-state index is 13.4. The Balaban J connectivity index is 1.21. The number of esters is 1. The standard InChI is InChI=1S/C35H33N3O5S/c1-24-17-18-26(21-33(24)44(41,42)38-19-8-2-3-9-20-38)36-34(39)23-43-35(40)30-22-32(37-31-16-7-6-14-29(30)31)28-15-10-12-25-11-4-5-13-27(25)28/h4-7,10-18,21-22H,2-3,8-9,19-20,23H2,1H3,(H,36,39). The zero-order valence-corrected chi connectivity index (χ0v) is 25.3. The summed E-state index contributed by atoms with van der Waals surface area (Å²) >= 11 is 0. The fraction of sp³-hybridized carbons (Fsp3) is 0.229. The number of aryl methyl sites for hydroxylation is 1. The monoisotopic (exact) mass is 607 g/mol. The SMILES string of the molecule is Cc1ccc(NC(=O)COC(=O)c2cc(-c3cccc4ccccc34)nc3ccccc23)cc1S(=O)(=O)N1CCCCCC1. The zero-order valence-electron chi connectivity index (χ0n) is 24.5. The number of rotatable bonds is 7. The van der Waals surface area contributed by atoms with E-state index in [1.165, 1.54) is 10.4 Å². The average Bonchev–Trinajstić information content (AvgIpc) is 3.34. The summed E-state index contributed by atoms with van der Waals surface area (Å²) in [5.41, 5.74) is 3.35. The maximum absolute atomic E-state index is 13.4. The number of nitrogens with one attached hydrogen (secondary N) is 1. The highest BCUT2D eigenvalue weighted by molar-refractivity contribution is 7.89. The van der Waals surface area contributed by atoms with Crippen LogP contribution in [0.2, 0.25) is 0 Å². The molecule has 0 saturated carbocycles. The van der Waals surface area contributed by atoms with E-state index in [-0.39, 0.29) is 4.90 Å². The van der Waals surface area contributed by atoms with Crippen molar-refractivity contribution in [3.63, 3.8) is 0 Å². The Bertz CT molecular complexity index is 1980. The minimum absolute atomic E-state index is 0.165. The number of pyridine rings is 1. The summed E-state index contributed by atoms with van der Waals surface area (Å²) in [5.74, 6) is -1.23. The van der Waals surface area contributed by atoms with Crippen LogP contribution in [0.4, 0.5) is 5.69 Å². The van der Waals surface area contributed by atoms with Gasteiger partial charge in [-0.05, 0) is 60.4 Å². The highest BCUT2D eigenvalue weighted by Crippen LogP contribution is 2.31. The summed E-state index contributed by atoms with van der Waals surface area (Å²) in [6.07, 6.45) is 3.69. The van der Waals surface area contributed by atoms with Crippen molar-refractivity contribution in [2.45, 2.75) is 37.5 Å². The molecule has 1 aliphatic heterocycles. The number of hydrogen-bond acceptors (Lipinski definition) is 6.